The minimum absolute atomic E-state index is 0.0556. The maximum absolute atomic E-state index is 13.7. The quantitative estimate of drug-likeness (QED) is 0.430. The monoisotopic (exact) mass is 579 g/mol. The molecule has 0 bridgehead atoms. The maximum Gasteiger partial charge on any atom is 0.248 e. The van der Waals surface area contributed by atoms with E-state index in [1.807, 2.05) is 52.3 Å². The lowest BCUT2D eigenvalue weighted by atomic mass is 9.76. The lowest BCUT2D eigenvalue weighted by Gasteiger charge is -2.39. The number of methoxy groups -OCH3 is 1. The molecule has 4 aliphatic rings. The summed E-state index contributed by atoms with van der Waals surface area (Å²) < 4.78 is 32.8. The predicted molar refractivity (Wildman–Crippen MR) is 157 cm³/mol. The van der Waals surface area contributed by atoms with Crippen LogP contribution in [0.15, 0.2) is 54.6 Å². The third-order valence-corrected chi connectivity index (χ3v) is 10.5. The zero-order chi connectivity index (χ0) is 29.3. The van der Waals surface area contributed by atoms with Gasteiger partial charge in [-0.25, -0.2) is 8.78 Å². The molecule has 226 valence electrons. The molecular formula is C34H43F2N3O3. The van der Waals surface area contributed by atoms with Crippen LogP contribution in [0.25, 0.3) is 0 Å². The Balaban J connectivity index is 1.07. The fraction of sp³-hybridized carbons (Fsp3) is 0.588. The first-order chi connectivity index (χ1) is 20.2. The van der Waals surface area contributed by atoms with E-state index in [-0.39, 0.29) is 60.7 Å². The molecule has 0 N–H and O–H groups in total. The molecule has 8 heteroatoms. The molecule has 0 radical (unpaired) electrons. The number of amides is 2. The lowest BCUT2D eigenvalue weighted by Crippen LogP contribution is -2.46. The molecule has 2 aromatic carbocycles. The molecule has 2 aromatic rings. The molecule has 2 atom stereocenters. The van der Waals surface area contributed by atoms with E-state index in [9.17, 15) is 18.4 Å². The standard InChI is InChI=1S/C34H43F2N3O3/c1-42-29-9-7-25(8-10-29)21-38-20-17-33(32(38)41)15-18-37(19-16-33)22-28-23-39(24-30(28)26-5-3-2-4-6-26)31(40)27-11-13-34(35,36)14-12-27/h2-10,27-28,30H,11-24H2,1H3/t28-,30?/m0/s1. The van der Waals surface area contributed by atoms with Gasteiger partial charge >= 0.3 is 0 Å². The van der Waals surface area contributed by atoms with Crippen molar-refractivity contribution in [3.05, 3.63) is 65.7 Å². The lowest BCUT2D eigenvalue weighted by molar-refractivity contribution is -0.140. The number of ether oxygens (including phenoxy) is 1. The topological polar surface area (TPSA) is 53.1 Å². The number of carbonyl (C=O) groups excluding carboxylic acids is 2. The van der Waals surface area contributed by atoms with Crippen molar-refractivity contribution in [3.8, 4) is 5.75 Å². The summed E-state index contributed by atoms with van der Waals surface area (Å²) in [6, 6.07) is 18.3. The molecule has 0 aromatic heterocycles. The number of alkyl halides is 2. The zero-order valence-corrected chi connectivity index (χ0v) is 24.7. The molecule has 1 spiro atoms. The maximum atomic E-state index is 13.7. The number of benzene rings is 2. The normalized spacial score (nSPS) is 26.2. The van der Waals surface area contributed by atoms with E-state index < -0.39 is 5.92 Å². The van der Waals surface area contributed by atoms with Crippen LogP contribution in [0.2, 0.25) is 0 Å². The Kier molecular flexibility index (Phi) is 8.27. The van der Waals surface area contributed by atoms with Gasteiger partial charge in [0.1, 0.15) is 5.75 Å². The number of nitrogens with zero attached hydrogens (tertiary/aromatic N) is 3. The third-order valence-electron chi connectivity index (χ3n) is 10.5. The van der Waals surface area contributed by atoms with Crippen molar-refractivity contribution in [2.24, 2.45) is 17.3 Å². The van der Waals surface area contributed by atoms with Crippen molar-refractivity contribution in [2.75, 3.05) is 46.4 Å². The van der Waals surface area contributed by atoms with Gasteiger partial charge in [0.25, 0.3) is 0 Å². The summed E-state index contributed by atoms with van der Waals surface area (Å²) in [7, 11) is 1.66. The van der Waals surface area contributed by atoms with Gasteiger partial charge in [-0.2, -0.15) is 0 Å². The summed E-state index contributed by atoms with van der Waals surface area (Å²) in [4.78, 5) is 33.5. The van der Waals surface area contributed by atoms with Gasteiger partial charge in [-0.05, 0) is 74.4 Å². The van der Waals surface area contributed by atoms with Crippen LogP contribution in [0.1, 0.15) is 62.0 Å². The first kappa shape index (κ1) is 29.1. The van der Waals surface area contributed by atoms with E-state index in [0.29, 0.717) is 19.6 Å². The third kappa shape index (κ3) is 6.05. The molecule has 6 nitrogen and oxygen atoms in total. The molecule has 2 amide bonds. The Hall–Kier alpha value is -3.00. The van der Waals surface area contributed by atoms with Gasteiger partial charge in [0, 0.05) is 57.4 Å². The molecular weight excluding hydrogens is 536 g/mol. The average Bonchev–Trinajstić information content (AvgIpc) is 3.56. The van der Waals surface area contributed by atoms with Crippen molar-refractivity contribution in [1.82, 2.24) is 14.7 Å². The van der Waals surface area contributed by atoms with Gasteiger partial charge in [-0.3, -0.25) is 9.59 Å². The van der Waals surface area contributed by atoms with Gasteiger partial charge < -0.3 is 19.4 Å². The number of carbonyl (C=O) groups is 2. The summed E-state index contributed by atoms with van der Waals surface area (Å²) in [6.07, 6.45) is 2.83. The molecule has 1 saturated carbocycles. The number of likely N-dealkylation sites (tertiary alicyclic amines) is 3. The summed E-state index contributed by atoms with van der Waals surface area (Å²) in [5, 5.41) is 0. The number of rotatable bonds is 7. The molecule has 42 heavy (non-hydrogen) atoms. The van der Waals surface area contributed by atoms with Crippen LogP contribution >= 0.6 is 0 Å². The summed E-state index contributed by atoms with van der Waals surface area (Å²) in [6.45, 7) is 5.40. The molecule has 6 rings (SSSR count). The minimum atomic E-state index is -2.63. The second-order valence-electron chi connectivity index (χ2n) is 13.1. The van der Waals surface area contributed by atoms with Gasteiger partial charge in [0.15, 0.2) is 0 Å². The van der Waals surface area contributed by atoms with Crippen molar-refractivity contribution < 1.29 is 23.1 Å². The van der Waals surface area contributed by atoms with E-state index >= 15 is 0 Å². The van der Waals surface area contributed by atoms with E-state index in [2.05, 4.69) is 17.0 Å². The molecule has 4 fully saturated rings. The smallest absolute Gasteiger partial charge is 0.248 e. The minimum Gasteiger partial charge on any atom is -0.497 e. The fourth-order valence-corrected chi connectivity index (χ4v) is 7.81. The van der Waals surface area contributed by atoms with E-state index in [4.69, 9.17) is 4.74 Å². The van der Waals surface area contributed by atoms with Gasteiger partial charge in [-0.15, -0.1) is 0 Å². The van der Waals surface area contributed by atoms with Crippen LogP contribution in [0.4, 0.5) is 8.78 Å². The van der Waals surface area contributed by atoms with Gasteiger partial charge in [-0.1, -0.05) is 42.5 Å². The van der Waals surface area contributed by atoms with Crippen LogP contribution in [0.3, 0.4) is 0 Å². The highest BCUT2D eigenvalue weighted by Gasteiger charge is 2.49. The highest BCUT2D eigenvalue weighted by atomic mass is 19.3. The van der Waals surface area contributed by atoms with Gasteiger partial charge in [0.05, 0.1) is 12.5 Å². The van der Waals surface area contributed by atoms with Crippen LogP contribution < -0.4 is 4.74 Å². The first-order valence-electron chi connectivity index (χ1n) is 15.6. The van der Waals surface area contributed by atoms with Crippen molar-refractivity contribution >= 4 is 11.8 Å². The molecule has 3 saturated heterocycles. The second-order valence-corrected chi connectivity index (χ2v) is 13.1. The highest BCUT2D eigenvalue weighted by Crippen LogP contribution is 2.44. The Morgan fingerprint density at radius 1 is 0.905 bits per heavy atom. The first-order valence-corrected chi connectivity index (χ1v) is 15.6. The van der Waals surface area contributed by atoms with E-state index in [1.165, 1.54) is 5.56 Å². The molecule has 1 aliphatic carbocycles. The largest absolute Gasteiger partial charge is 0.497 e. The second kappa shape index (κ2) is 11.9. The summed E-state index contributed by atoms with van der Waals surface area (Å²) in [5.74, 6) is -1.25. The SMILES string of the molecule is COc1ccc(CN2CCC3(CCN(C[C@H]4CN(C(=O)C5CCC(F)(F)CC5)CC4c4ccccc4)CC3)C2=O)cc1. The van der Waals surface area contributed by atoms with Crippen molar-refractivity contribution in [1.29, 1.82) is 0 Å². The number of piperidine rings is 1. The van der Waals surface area contributed by atoms with Crippen LogP contribution in [0.5, 0.6) is 5.75 Å². The number of halogens is 2. The Morgan fingerprint density at radius 3 is 2.24 bits per heavy atom. The zero-order valence-electron chi connectivity index (χ0n) is 24.7. The molecule has 1 unspecified atom stereocenters. The summed E-state index contributed by atoms with van der Waals surface area (Å²) >= 11 is 0. The predicted octanol–water partition coefficient (Wildman–Crippen LogP) is 5.58. The van der Waals surface area contributed by atoms with Gasteiger partial charge in [0.2, 0.25) is 17.7 Å². The number of hydrogen-bond donors (Lipinski definition) is 0. The van der Waals surface area contributed by atoms with E-state index in [0.717, 1.165) is 56.8 Å². The fourth-order valence-electron chi connectivity index (χ4n) is 7.81. The van der Waals surface area contributed by atoms with E-state index in [1.54, 1.807) is 7.11 Å². The van der Waals surface area contributed by atoms with Crippen molar-refractivity contribution in [3.63, 3.8) is 0 Å². The van der Waals surface area contributed by atoms with Crippen molar-refractivity contribution in [2.45, 2.75) is 63.3 Å². The number of hydrogen-bond acceptors (Lipinski definition) is 4. The Morgan fingerprint density at radius 2 is 1.57 bits per heavy atom. The summed E-state index contributed by atoms with van der Waals surface area (Å²) in [5.41, 5.74) is 2.09. The highest BCUT2D eigenvalue weighted by molar-refractivity contribution is 5.85. The molecule has 3 heterocycles. The van der Waals surface area contributed by atoms with Crippen LogP contribution in [-0.2, 0) is 16.1 Å². The van der Waals surface area contributed by atoms with Crippen LogP contribution in [-0.4, -0.2) is 78.8 Å². The Bertz CT molecular complexity index is 1240. The average molecular weight is 580 g/mol. The Labute approximate surface area is 248 Å². The molecule has 3 aliphatic heterocycles. The van der Waals surface area contributed by atoms with Crippen LogP contribution in [0, 0.1) is 17.3 Å².